The Bertz CT molecular complexity index is 833. The van der Waals surface area contributed by atoms with Gasteiger partial charge in [0.25, 0.3) is 0 Å². The Labute approximate surface area is 166 Å². The number of amides is 1. The Balaban J connectivity index is 1.54. The number of carbonyl (C=O) groups is 1. The number of carbonyl (C=O) groups excluding carboxylic acids is 1. The van der Waals surface area contributed by atoms with Crippen molar-refractivity contribution in [2.24, 2.45) is 0 Å². The molecule has 0 bridgehead atoms. The van der Waals surface area contributed by atoms with Crippen molar-refractivity contribution < 1.29 is 9.32 Å². The maximum absolute atomic E-state index is 12.4. The first-order valence-electron chi connectivity index (χ1n) is 10.5. The molecular formula is C22H30N4O2. The molecule has 1 aromatic heterocycles. The zero-order valence-electron chi connectivity index (χ0n) is 17.1. The predicted octanol–water partition coefficient (Wildman–Crippen LogP) is 3.97. The fourth-order valence-corrected chi connectivity index (χ4v) is 4.89. The third-order valence-electron chi connectivity index (χ3n) is 6.39. The molecule has 0 aliphatic carbocycles. The minimum Gasteiger partial charge on any atom is -0.338 e. The zero-order chi connectivity index (χ0) is 19.7. The second kappa shape index (κ2) is 8.03. The minimum atomic E-state index is 0.0527. The molecule has 2 aliphatic heterocycles. The average molecular weight is 383 g/mol. The van der Waals surface area contributed by atoms with Crippen molar-refractivity contribution in [2.75, 3.05) is 13.1 Å². The van der Waals surface area contributed by atoms with Crippen molar-refractivity contribution in [1.29, 1.82) is 0 Å². The highest BCUT2D eigenvalue weighted by Crippen LogP contribution is 2.36. The Hall–Kier alpha value is -2.21. The Morgan fingerprint density at radius 1 is 1.21 bits per heavy atom. The molecule has 1 aromatic carbocycles. The number of hydrogen-bond acceptors (Lipinski definition) is 5. The molecule has 3 atom stereocenters. The van der Waals surface area contributed by atoms with Gasteiger partial charge in [-0.3, -0.25) is 9.69 Å². The minimum absolute atomic E-state index is 0.0527. The highest BCUT2D eigenvalue weighted by atomic mass is 16.5. The molecule has 150 valence electrons. The molecular weight excluding hydrogens is 352 g/mol. The number of aromatic nitrogens is 2. The van der Waals surface area contributed by atoms with Crippen molar-refractivity contribution in [3.63, 3.8) is 0 Å². The van der Waals surface area contributed by atoms with E-state index in [1.54, 1.807) is 0 Å². The largest absolute Gasteiger partial charge is 0.338 e. The number of hydrogen-bond donors (Lipinski definition) is 0. The van der Waals surface area contributed by atoms with Crippen LogP contribution >= 0.6 is 0 Å². The lowest BCUT2D eigenvalue weighted by Gasteiger charge is -2.36. The monoisotopic (exact) mass is 382 g/mol. The summed E-state index contributed by atoms with van der Waals surface area (Å²) in [5.74, 6) is 1.59. The topological polar surface area (TPSA) is 62.5 Å². The Kier molecular flexibility index (Phi) is 5.49. The number of nitrogens with zero attached hydrogens (tertiary/aromatic N) is 4. The molecule has 0 unspecified atom stereocenters. The van der Waals surface area contributed by atoms with Crippen molar-refractivity contribution in [3.8, 4) is 11.4 Å². The van der Waals surface area contributed by atoms with E-state index in [9.17, 15) is 4.79 Å². The van der Waals surface area contributed by atoms with Crippen LogP contribution in [0.2, 0.25) is 0 Å². The van der Waals surface area contributed by atoms with Crippen LogP contribution in [0.4, 0.5) is 0 Å². The van der Waals surface area contributed by atoms with Gasteiger partial charge in [-0.25, -0.2) is 0 Å². The SMILES string of the molecule is CCC(=O)N1CCC[C@@H]1[C@H]1CCCN1[C@@H](C)c1nc(-c2ccccc2C)no1. The van der Waals surface area contributed by atoms with E-state index in [4.69, 9.17) is 9.51 Å². The number of benzene rings is 1. The quantitative estimate of drug-likeness (QED) is 0.783. The molecule has 3 heterocycles. The van der Waals surface area contributed by atoms with Gasteiger partial charge in [0.2, 0.25) is 17.6 Å². The van der Waals surface area contributed by atoms with Gasteiger partial charge in [-0.2, -0.15) is 4.98 Å². The molecule has 2 saturated heterocycles. The van der Waals surface area contributed by atoms with Crippen LogP contribution in [0.15, 0.2) is 28.8 Å². The third kappa shape index (κ3) is 3.46. The van der Waals surface area contributed by atoms with Gasteiger partial charge in [0.1, 0.15) is 0 Å². The lowest BCUT2D eigenvalue weighted by Crippen LogP contribution is -2.48. The number of aryl methyl sites for hydroxylation is 1. The van der Waals surface area contributed by atoms with E-state index in [2.05, 4.69) is 34.9 Å². The van der Waals surface area contributed by atoms with Crippen molar-refractivity contribution in [3.05, 3.63) is 35.7 Å². The Morgan fingerprint density at radius 2 is 1.96 bits per heavy atom. The first kappa shape index (κ1) is 19.1. The fourth-order valence-electron chi connectivity index (χ4n) is 4.89. The van der Waals surface area contributed by atoms with Crippen LogP contribution in [-0.2, 0) is 4.79 Å². The van der Waals surface area contributed by atoms with E-state index in [0.29, 0.717) is 30.2 Å². The van der Waals surface area contributed by atoms with Crippen molar-refractivity contribution in [2.45, 2.75) is 71.0 Å². The lowest BCUT2D eigenvalue weighted by atomic mass is 10.0. The molecule has 0 radical (unpaired) electrons. The molecule has 2 aromatic rings. The third-order valence-corrected chi connectivity index (χ3v) is 6.39. The summed E-state index contributed by atoms with van der Waals surface area (Å²) in [5.41, 5.74) is 2.15. The highest BCUT2D eigenvalue weighted by molar-refractivity contribution is 5.76. The summed E-state index contributed by atoms with van der Waals surface area (Å²) in [4.78, 5) is 21.7. The average Bonchev–Trinajstić information content (AvgIpc) is 3.46. The van der Waals surface area contributed by atoms with Gasteiger partial charge in [-0.15, -0.1) is 0 Å². The molecule has 4 rings (SSSR count). The molecule has 0 N–H and O–H groups in total. The smallest absolute Gasteiger partial charge is 0.244 e. The zero-order valence-corrected chi connectivity index (χ0v) is 17.1. The highest BCUT2D eigenvalue weighted by Gasteiger charge is 2.42. The van der Waals surface area contributed by atoms with E-state index in [-0.39, 0.29) is 11.9 Å². The molecule has 1 amide bonds. The second-order valence-electron chi connectivity index (χ2n) is 8.04. The van der Waals surface area contributed by atoms with Gasteiger partial charge in [0.15, 0.2) is 0 Å². The van der Waals surface area contributed by atoms with Crippen LogP contribution in [0.1, 0.15) is 63.4 Å². The normalized spacial score (nSPS) is 24.0. The van der Waals surface area contributed by atoms with E-state index in [1.165, 1.54) is 0 Å². The molecule has 2 fully saturated rings. The molecule has 28 heavy (non-hydrogen) atoms. The summed E-state index contributed by atoms with van der Waals surface area (Å²) in [6.45, 7) is 8.07. The van der Waals surface area contributed by atoms with Crippen LogP contribution in [0.5, 0.6) is 0 Å². The van der Waals surface area contributed by atoms with Crippen molar-refractivity contribution in [1.82, 2.24) is 19.9 Å². The van der Waals surface area contributed by atoms with Gasteiger partial charge >= 0.3 is 0 Å². The standard InChI is InChI=1S/C22H30N4O2/c1-4-20(27)26-14-8-12-19(26)18-11-7-13-25(18)16(3)22-23-21(24-28-22)17-10-6-5-9-15(17)2/h5-6,9-10,16,18-19H,4,7-8,11-14H2,1-3H3/t16-,18+,19+/m0/s1. The predicted molar refractivity (Wildman–Crippen MR) is 108 cm³/mol. The summed E-state index contributed by atoms with van der Waals surface area (Å²) in [5, 5.41) is 4.24. The molecule has 0 spiro atoms. The van der Waals surface area contributed by atoms with Crippen LogP contribution < -0.4 is 0 Å². The molecule has 6 heteroatoms. The van der Waals surface area contributed by atoms with Crippen LogP contribution in [0.25, 0.3) is 11.4 Å². The van der Waals surface area contributed by atoms with Crippen LogP contribution in [-0.4, -0.2) is 51.0 Å². The van der Waals surface area contributed by atoms with Gasteiger partial charge in [-0.05, 0) is 51.6 Å². The second-order valence-corrected chi connectivity index (χ2v) is 8.04. The van der Waals surface area contributed by atoms with Gasteiger partial charge in [0.05, 0.1) is 6.04 Å². The van der Waals surface area contributed by atoms with Crippen molar-refractivity contribution >= 4 is 5.91 Å². The van der Waals surface area contributed by atoms with E-state index in [0.717, 1.165) is 49.9 Å². The summed E-state index contributed by atoms with van der Waals surface area (Å²) in [6, 6.07) is 8.85. The van der Waals surface area contributed by atoms with E-state index < -0.39 is 0 Å². The summed E-state index contributed by atoms with van der Waals surface area (Å²) >= 11 is 0. The van der Waals surface area contributed by atoms with Crippen LogP contribution in [0.3, 0.4) is 0 Å². The number of rotatable bonds is 5. The van der Waals surface area contributed by atoms with E-state index in [1.807, 2.05) is 25.1 Å². The summed E-state index contributed by atoms with van der Waals surface area (Å²) in [6.07, 6.45) is 5.06. The van der Waals surface area contributed by atoms with Gasteiger partial charge in [-0.1, -0.05) is 36.3 Å². The molecule has 0 saturated carbocycles. The fraction of sp³-hybridized carbons (Fsp3) is 0.591. The van der Waals surface area contributed by atoms with Gasteiger partial charge in [0, 0.05) is 30.6 Å². The number of likely N-dealkylation sites (tertiary alicyclic amines) is 2. The maximum atomic E-state index is 12.4. The first-order valence-corrected chi connectivity index (χ1v) is 10.5. The first-order chi connectivity index (χ1) is 13.6. The summed E-state index contributed by atoms with van der Waals surface area (Å²) in [7, 11) is 0. The van der Waals surface area contributed by atoms with E-state index >= 15 is 0 Å². The Morgan fingerprint density at radius 3 is 2.75 bits per heavy atom. The maximum Gasteiger partial charge on any atom is 0.244 e. The van der Waals surface area contributed by atoms with Crippen LogP contribution in [0, 0.1) is 6.92 Å². The summed E-state index contributed by atoms with van der Waals surface area (Å²) < 4.78 is 5.67. The molecule has 2 aliphatic rings. The molecule has 6 nitrogen and oxygen atoms in total. The van der Waals surface area contributed by atoms with Gasteiger partial charge < -0.3 is 9.42 Å². The lowest BCUT2D eigenvalue weighted by molar-refractivity contribution is -0.132.